The van der Waals surface area contributed by atoms with Crippen LogP contribution >= 0.6 is 0 Å². The molecule has 0 radical (unpaired) electrons. The Morgan fingerprint density at radius 1 is 1.40 bits per heavy atom. The van der Waals surface area contributed by atoms with Crippen LogP contribution in [0.2, 0.25) is 0 Å². The Bertz CT molecular complexity index is 525. The maximum absolute atomic E-state index is 12.1. The van der Waals surface area contributed by atoms with E-state index in [0.717, 1.165) is 29.5 Å². The number of fused-ring (bicyclic) bond motifs is 5. The summed E-state index contributed by atoms with van der Waals surface area (Å²) in [5, 5.41) is 14.0. The van der Waals surface area contributed by atoms with Crippen molar-refractivity contribution < 1.29 is 4.79 Å². The zero-order valence-corrected chi connectivity index (χ0v) is 11.9. The van der Waals surface area contributed by atoms with Crippen LogP contribution in [0.25, 0.3) is 0 Å². The zero-order valence-electron chi connectivity index (χ0n) is 11.9. The van der Waals surface area contributed by atoms with Crippen molar-refractivity contribution >= 4 is 6.03 Å². The summed E-state index contributed by atoms with van der Waals surface area (Å²) in [6.45, 7) is 1.93. The highest BCUT2D eigenvalue weighted by molar-refractivity contribution is 5.75. The monoisotopic (exact) mass is 275 g/mol. The third kappa shape index (κ3) is 1.73. The molecule has 3 saturated carbocycles. The minimum atomic E-state index is -0.127. The number of nitrogens with zero attached hydrogens (tertiary/aromatic N) is 3. The molecular formula is C14H21N5O. The van der Waals surface area contributed by atoms with Crippen LogP contribution < -0.4 is 10.6 Å². The molecule has 108 valence electrons. The van der Waals surface area contributed by atoms with Gasteiger partial charge in [-0.25, -0.2) is 4.79 Å². The molecule has 1 aromatic heterocycles. The van der Waals surface area contributed by atoms with E-state index in [9.17, 15) is 4.79 Å². The van der Waals surface area contributed by atoms with Gasteiger partial charge in [-0.05, 0) is 49.9 Å². The van der Waals surface area contributed by atoms with Gasteiger partial charge in [-0.3, -0.25) is 0 Å². The zero-order chi connectivity index (χ0) is 13.9. The van der Waals surface area contributed by atoms with Gasteiger partial charge in [0.2, 0.25) is 0 Å². The molecule has 0 aliphatic heterocycles. The third-order valence-corrected chi connectivity index (χ3v) is 5.51. The first kappa shape index (κ1) is 12.2. The highest BCUT2D eigenvalue weighted by Crippen LogP contribution is 2.65. The van der Waals surface area contributed by atoms with Crippen molar-refractivity contribution in [2.75, 3.05) is 0 Å². The Kier molecular flexibility index (Phi) is 2.56. The van der Waals surface area contributed by atoms with Gasteiger partial charge in [0.25, 0.3) is 0 Å². The van der Waals surface area contributed by atoms with Gasteiger partial charge >= 0.3 is 6.03 Å². The Balaban J connectivity index is 1.33. The molecule has 5 atom stereocenters. The van der Waals surface area contributed by atoms with Crippen molar-refractivity contribution in [2.24, 2.45) is 30.7 Å². The van der Waals surface area contributed by atoms with E-state index >= 15 is 0 Å². The largest absolute Gasteiger partial charge is 0.335 e. The van der Waals surface area contributed by atoms with Crippen molar-refractivity contribution in [1.29, 1.82) is 0 Å². The number of urea groups is 1. The quantitative estimate of drug-likeness (QED) is 0.871. The molecule has 2 bridgehead atoms. The lowest BCUT2D eigenvalue weighted by Gasteiger charge is -2.15. The number of hydrogen-bond acceptors (Lipinski definition) is 3. The highest BCUT2D eigenvalue weighted by atomic mass is 16.2. The summed E-state index contributed by atoms with van der Waals surface area (Å²) in [4.78, 5) is 12.1. The van der Waals surface area contributed by atoms with Crippen molar-refractivity contribution in [1.82, 2.24) is 25.4 Å². The van der Waals surface area contributed by atoms with E-state index in [2.05, 4.69) is 20.8 Å². The topological polar surface area (TPSA) is 71.8 Å². The number of aryl methyl sites for hydroxylation is 1. The second-order valence-corrected chi connectivity index (χ2v) is 6.65. The van der Waals surface area contributed by atoms with Gasteiger partial charge in [0, 0.05) is 13.1 Å². The molecule has 2 N–H and O–H groups in total. The lowest BCUT2D eigenvalue weighted by Crippen LogP contribution is -2.40. The first-order chi connectivity index (χ1) is 9.65. The smallest absolute Gasteiger partial charge is 0.315 e. The number of hydrogen-bond donors (Lipinski definition) is 2. The Hall–Kier alpha value is -1.59. The van der Waals surface area contributed by atoms with Gasteiger partial charge in [0.1, 0.15) is 6.33 Å². The molecule has 0 saturated heterocycles. The second-order valence-electron chi connectivity index (χ2n) is 6.65. The summed E-state index contributed by atoms with van der Waals surface area (Å²) in [5.41, 5.74) is 0. The van der Waals surface area contributed by atoms with E-state index in [1.807, 2.05) is 18.5 Å². The average molecular weight is 275 g/mol. The van der Waals surface area contributed by atoms with Crippen LogP contribution in [0.5, 0.6) is 0 Å². The van der Waals surface area contributed by atoms with E-state index in [0.29, 0.717) is 6.04 Å². The molecule has 0 unspecified atom stereocenters. The minimum absolute atomic E-state index is 0.0701. The van der Waals surface area contributed by atoms with Gasteiger partial charge in [-0.2, -0.15) is 0 Å². The average Bonchev–Trinajstić information content (AvgIpc) is 2.82. The lowest BCUT2D eigenvalue weighted by molar-refractivity contribution is 0.234. The van der Waals surface area contributed by atoms with Gasteiger partial charge in [0.05, 0.1) is 6.04 Å². The number of carbonyl (C=O) groups excluding carboxylic acids is 1. The van der Waals surface area contributed by atoms with Crippen LogP contribution in [0.15, 0.2) is 6.33 Å². The van der Waals surface area contributed by atoms with E-state index < -0.39 is 0 Å². The SMILES string of the molecule is C[C@H](NC(=O)NC1[C@H]2[C@H]3CC[C@@H](C3)[C@H]12)c1nncn1C. The number of aromatic nitrogens is 3. The Morgan fingerprint density at radius 2 is 2.10 bits per heavy atom. The highest BCUT2D eigenvalue weighted by Gasteiger charge is 2.65. The predicted molar refractivity (Wildman–Crippen MR) is 72.7 cm³/mol. The molecule has 6 nitrogen and oxygen atoms in total. The predicted octanol–water partition coefficient (Wildman–Crippen LogP) is 1.22. The summed E-state index contributed by atoms with van der Waals surface area (Å²) < 4.78 is 1.83. The first-order valence-corrected chi connectivity index (χ1v) is 7.56. The van der Waals surface area contributed by atoms with E-state index in [-0.39, 0.29) is 12.1 Å². The van der Waals surface area contributed by atoms with Gasteiger partial charge in [-0.15, -0.1) is 10.2 Å². The molecule has 6 heteroatoms. The summed E-state index contributed by atoms with van der Waals surface area (Å²) in [5.74, 6) is 4.07. The Labute approximate surface area is 118 Å². The van der Waals surface area contributed by atoms with E-state index in [1.165, 1.54) is 19.3 Å². The Morgan fingerprint density at radius 3 is 2.70 bits per heavy atom. The number of amides is 2. The fourth-order valence-corrected chi connectivity index (χ4v) is 4.66. The summed E-state index contributed by atoms with van der Waals surface area (Å²) in [6.07, 6.45) is 5.81. The van der Waals surface area contributed by atoms with Gasteiger partial charge in [0.15, 0.2) is 5.82 Å². The standard InChI is InChI=1S/C14H21N5O/c1-7(13-18-15-6-19(13)2)16-14(20)17-12-10-8-3-4-9(5-8)11(10)12/h6-12H,3-5H2,1-2H3,(H2,16,17,20)/t7-,8-,9-,10-,11-/m0/s1. The van der Waals surface area contributed by atoms with Crippen molar-refractivity contribution in [3.63, 3.8) is 0 Å². The number of nitrogens with one attached hydrogen (secondary N) is 2. The molecule has 3 fully saturated rings. The minimum Gasteiger partial charge on any atom is -0.335 e. The van der Waals surface area contributed by atoms with Crippen LogP contribution in [0, 0.1) is 23.7 Å². The first-order valence-electron chi connectivity index (χ1n) is 7.56. The molecule has 4 rings (SSSR count). The van der Waals surface area contributed by atoms with E-state index in [4.69, 9.17) is 0 Å². The van der Waals surface area contributed by atoms with Crippen molar-refractivity contribution in [3.8, 4) is 0 Å². The molecule has 1 aromatic rings. The normalized spacial score (nSPS) is 38.4. The van der Waals surface area contributed by atoms with Crippen LogP contribution in [-0.2, 0) is 7.05 Å². The van der Waals surface area contributed by atoms with Gasteiger partial charge in [-0.1, -0.05) is 0 Å². The number of rotatable bonds is 3. The maximum Gasteiger partial charge on any atom is 0.315 e. The van der Waals surface area contributed by atoms with Crippen molar-refractivity contribution in [2.45, 2.75) is 38.3 Å². The van der Waals surface area contributed by atoms with Crippen LogP contribution in [0.3, 0.4) is 0 Å². The molecular weight excluding hydrogens is 254 g/mol. The molecule has 0 spiro atoms. The van der Waals surface area contributed by atoms with Crippen molar-refractivity contribution in [3.05, 3.63) is 12.2 Å². The fraction of sp³-hybridized carbons (Fsp3) is 0.786. The molecule has 20 heavy (non-hydrogen) atoms. The number of carbonyl (C=O) groups is 1. The van der Waals surface area contributed by atoms with Crippen LogP contribution in [0.1, 0.15) is 38.1 Å². The molecule has 0 aromatic carbocycles. The molecule has 3 aliphatic rings. The molecule has 2 amide bonds. The van der Waals surface area contributed by atoms with Crippen LogP contribution in [-0.4, -0.2) is 26.8 Å². The molecule has 1 heterocycles. The summed E-state index contributed by atoms with van der Waals surface area (Å²) in [7, 11) is 1.88. The third-order valence-electron chi connectivity index (χ3n) is 5.51. The summed E-state index contributed by atoms with van der Waals surface area (Å²) >= 11 is 0. The van der Waals surface area contributed by atoms with E-state index in [1.54, 1.807) is 6.33 Å². The lowest BCUT2D eigenvalue weighted by atomic mass is 10.0. The maximum atomic E-state index is 12.1. The summed E-state index contributed by atoms with van der Waals surface area (Å²) in [6, 6.07) is 0.227. The van der Waals surface area contributed by atoms with Crippen LogP contribution in [0.4, 0.5) is 4.79 Å². The fourth-order valence-electron chi connectivity index (χ4n) is 4.66. The molecule has 3 aliphatic carbocycles. The second kappa shape index (κ2) is 4.20. The van der Waals surface area contributed by atoms with Gasteiger partial charge < -0.3 is 15.2 Å².